The van der Waals surface area contributed by atoms with Crippen LogP contribution in [0.4, 0.5) is 0 Å². The number of carbonyl (C=O) groups excluding carboxylic acids is 1. The Bertz CT molecular complexity index is 254. The van der Waals surface area contributed by atoms with E-state index in [0.717, 1.165) is 51.2 Å². The lowest BCUT2D eigenvalue weighted by Crippen LogP contribution is -2.35. The summed E-state index contributed by atoms with van der Waals surface area (Å²) >= 11 is 0. The molecule has 3 heteroatoms. The number of methoxy groups -OCH3 is 1. The second-order valence-electron chi connectivity index (χ2n) is 5.45. The lowest BCUT2D eigenvalue weighted by Gasteiger charge is -2.29. The predicted molar refractivity (Wildman–Crippen MR) is 63.4 cm³/mol. The van der Waals surface area contributed by atoms with Crippen LogP contribution in [-0.4, -0.2) is 43.5 Å². The molecule has 1 heterocycles. The van der Waals surface area contributed by atoms with Crippen molar-refractivity contribution in [1.29, 1.82) is 0 Å². The van der Waals surface area contributed by atoms with E-state index >= 15 is 0 Å². The molecule has 1 aliphatic carbocycles. The minimum absolute atomic E-state index is 0.291. The summed E-state index contributed by atoms with van der Waals surface area (Å²) in [6.07, 6.45) is 4.49. The summed E-state index contributed by atoms with van der Waals surface area (Å²) in [6.45, 7) is 5.33. The molecule has 16 heavy (non-hydrogen) atoms. The van der Waals surface area contributed by atoms with E-state index in [0.29, 0.717) is 17.8 Å². The van der Waals surface area contributed by atoms with Crippen molar-refractivity contribution in [2.75, 3.05) is 26.7 Å². The van der Waals surface area contributed by atoms with Crippen molar-refractivity contribution in [3.63, 3.8) is 0 Å². The molecule has 1 saturated carbocycles. The summed E-state index contributed by atoms with van der Waals surface area (Å²) in [5.41, 5.74) is 0. The second kappa shape index (κ2) is 5.28. The van der Waals surface area contributed by atoms with Crippen LogP contribution in [-0.2, 0) is 9.53 Å². The third-order valence-electron chi connectivity index (χ3n) is 4.07. The van der Waals surface area contributed by atoms with Gasteiger partial charge < -0.3 is 4.74 Å². The number of ether oxygens (including phenoxy) is 1. The van der Waals surface area contributed by atoms with Crippen molar-refractivity contribution in [3.05, 3.63) is 0 Å². The van der Waals surface area contributed by atoms with Crippen LogP contribution in [0.5, 0.6) is 0 Å². The first-order chi connectivity index (χ1) is 7.69. The number of hydrogen-bond acceptors (Lipinski definition) is 3. The van der Waals surface area contributed by atoms with Gasteiger partial charge in [0.25, 0.3) is 0 Å². The van der Waals surface area contributed by atoms with Crippen molar-refractivity contribution < 1.29 is 9.53 Å². The maximum atomic E-state index is 11.8. The predicted octanol–water partition coefficient (Wildman–Crippen LogP) is 1.71. The lowest BCUT2D eigenvalue weighted by molar-refractivity contribution is -0.126. The molecule has 2 rings (SSSR count). The molecule has 2 aliphatic rings. The monoisotopic (exact) mass is 225 g/mol. The van der Waals surface area contributed by atoms with Crippen LogP contribution in [0.1, 0.15) is 32.6 Å². The number of likely N-dealkylation sites (tertiary alicyclic amines) is 1. The molecule has 0 bridgehead atoms. The molecule has 0 amide bonds. The van der Waals surface area contributed by atoms with Crippen LogP contribution in [0, 0.1) is 11.8 Å². The molecule has 3 atom stereocenters. The van der Waals surface area contributed by atoms with Gasteiger partial charge in [-0.3, -0.25) is 9.69 Å². The maximum absolute atomic E-state index is 11.8. The largest absolute Gasteiger partial charge is 0.380 e. The first-order valence-corrected chi connectivity index (χ1v) is 6.47. The number of carbonyl (C=O) groups is 1. The molecule has 0 spiro atoms. The summed E-state index contributed by atoms with van der Waals surface area (Å²) in [7, 11) is 1.78. The molecule has 0 N–H and O–H groups in total. The molecule has 0 aromatic rings. The van der Waals surface area contributed by atoms with E-state index in [4.69, 9.17) is 4.74 Å². The van der Waals surface area contributed by atoms with Gasteiger partial charge in [-0.25, -0.2) is 0 Å². The van der Waals surface area contributed by atoms with E-state index in [-0.39, 0.29) is 0 Å². The molecule has 2 fully saturated rings. The molecular formula is C13H23NO2. The van der Waals surface area contributed by atoms with Crippen LogP contribution >= 0.6 is 0 Å². The number of nitrogens with zero attached hydrogens (tertiary/aromatic N) is 1. The number of ketones is 1. The van der Waals surface area contributed by atoms with Crippen LogP contribution < -0.4 is 0 Å². The molecule has 1 saturated heterocycles. The highest BCUT2D eigenvalue weighted by molar-refractivity contribution is 5.81. The van der Waals surface area contributed by atoms with Crippen molar-refractivity contribution in [2.45, 2.75) is 38.7 Å². The number of hydrogen-bond donors (Lipinski definition) is 0. The summed E-state index contributed by atoms with van der Waals surface area (Å²) in [6, 6.07) is 0. The summed E-state index contributed by atoms with van der Waals surface area (Å²) in [5.74, 6) is 1.50. The number of Topliss-reactive ketones (excluding diaryl/α,β-unsaturated/α-hetero) is 1. The minimum atomic E-state index is 0.291. The molecule has 3 unspecified atom stereocenters. The van der Waals surface area contributed by atoms with Gasteiger partial charge in [-0.05, 0) is 25.2 Å². The Morgan fingerprint density at radius 1 is 1.44 bits per heavy atom. The van der Waals surface area contributed by atoms with Crippen LogP contribution in [0.2, 0.25) is 0 Å². The van der Waals surface area contributed by atoms with Gasteiger partial charge in [-0.1, -0.05) is 6.92 Å². The first-order valence-electron chi connectivity index (χ1n) is 6.47. The molecule has 92 valence electrons. The Morgan fingerprint density at radius 2 is 2.25 bits per heavy atom. The first kappa shape index (κ1) is 12.1. The molecule has 3 nitrogen and oxygen atoms in total. The molecule has 0 aromatic heterocycles. The number of rotatable bonds is 3. The average Bonchev–Trinajstić information content (AvgIpc) is 2.71. The van der Waals surface area contributed by atoms with Gasteiger partial charge in [0.1, 0.15) is 5.78 Å². The van der Waals surface area contributed by atoms with Gasteiger partial charge in [0.15, 0.2) is 0 Å². The van der Waals surface area contributed by atoms with Crippen LogP contribution in [0.25, 0.3) is 0 Å². The van der Waals surface area contributed by atoms with Gasteiger partial charge in [-0.2, -0.15) is 0 Å². The highest BCUT2D eigenvalue weighted by Crippen LogP contribution is 2.27. The van der Waals surface area contributed by atoms with Crippen molar-refractivity contribution in [1.82, 2.24) is 4.90 Å². The highest BCUT2D eigenvalue weighted by Gasteiger charge is 2.30. The van der Waals surface area contributed by atoms with E-state index in [1.54, 1.807) is 7.11 Å². The van der Waals surface area contributed by atoms with E-state index in [1.807, 2.05) is 0 Å². The zero-order chi connectivity index (χ0) is 11.5. The SMILES string of the molecule is COC1CCN(CC2CC(C)CCC2=O)C1. The molecular weight excluding hydrogens is 202 g/mol. The van der Waals surface area contributed by atoms with Gasteiger partial charge in [-0.15, -0.1) is 0 Å². The van der Waals surface area contributed by atoms with Crippen LogP contribution in [0.3, 0.4) is 0 Å². The summed E-state index contributed by atoms with van der Waals surface area (Å²) in [5, 5.41) is 0. The highest BCUT2D eigenvalue weighted by atomic mass is 16.5. The van der Waals surface area contributed by atoms with Gasteiger partial charge in [0.2, 0.25) is 0 Å². The van der Waals surface area contributed by atoms with Crippen molar-refractivity contribution in [2.24, 2.45) is 11.8 Å². The van der Waals surface area contributed by atoms with Crippen LogP contribution in [0.15, 0.2) is 0 Å². The Hall–Kier alpha value is -0.410. The maximum Gasteiger partial charge on any atom is 0.137 e. The van der Waals surface area contributed by atoms with Crippen molar-refractivity contribution in [3.8, 4) is 0 Å². The third kappa shape index (κ3) is 2.83. The minimum Gasteiger partial charge on any atom is -0.380 e. The second-order valence-corrected chi connectivity index (χ2v) is 5.45. The fourth-order valence-corrected chi connectivity index (χ4v) is 2.97. The fraction of sp³-hybridized carbons (Fsp3) is 0.923. The third-order valence-corrected chi connectivity index (χ3v) is 4.07. The summed E-state index contributed by atoms with van der Waals surface area (Å²) in [4.78, 5) is 14.2. The van der Waals surface area contributed by atoms with E-state index < -0.39 is 0 Å². The quantitative estimate of drug-likeness (QED) is 0.732. The normalized spacial score (nSPS) is 36.9. The average molecular weight is 225 g/mol. The van der Waals surface area contributed by atoms with E-state index in [2.05, 4.69) is 11.8 Å². The molecule has 0 radical (unpaired) electrons. The zero-order valence-electron chi connectivity index (χ0n) is 10.4. The van der Waals surface area contributed by atoms with Gasteiger partial charge >= 0.3 is 0 Å². The Kier molecular flexibility index (Phi) is 3.98. The lowest BCUT2D eigenvalue weighted by atomic mass is 9.81. The smallest absolute Gasteiger partial charge is 0.137 e. The van der Waals surface area contributed by atoms with E-state index in [9.17, 15) is 4.79 Å². The fourth-order valence-electron chi connectivity index (χ4n) is 2.97. The molecule has 1 aliphatic heterocycles. The molecule has 0 aromatic carbocycles. The van der Waals surface area contributed by atoms with Gasteiger partial charge in [0, 0.05) is 39.1 Å². The zero-order valence-corrected chi connectivity index (χ0v) is 10.4. The van der Waals surface area contributed by atoms with Gasteiger partial charge in [0.05, 0.1) is 6.10 Å². The van der Waals surface area contributed by atoms with Crippen molar-refractivity contribution >= 4 is 5.78 Å². The summed E-state index contributed by atoms with van der Waals surface area (Å²) < 4.78 is 5.35. The standard InChI is InChI=1S/C13H23NO2/c1-10-3-4-13(15)11(7-10)8-14-6-5-12(9-14)16-2/h10-12H,3-9H2,1-2H3. The Morgan fingerprint density at radius 3 is 2.94 bits per heavy atom. The Balaban J connectivity index is 1.82. The Labute approximate surface area is 98.1 Å². The van der Waals surface area contributed by atoms with E-state index in [1.165, 1.54) is 0 Å². The topological polar surface area (TPSA) is 29.5 Å².